The molecule has 2 nitrogen and oxygen atoms in total. The zero-order valence-corrected chi connectivity index (χ0v) is 18.0. The maximum Gasteiger partial charge on any atom is 0.119 e. The predicted octanol–water partition coefficient (Wildman–Crippen LogP) is 5.19. The third-order valence-electron chi connectivity index (χ3n) is 4.45. The summed E-state index contributed by atoms with van der Waals surface area (Å²) in [6.07, 6.45) is 0. The summed E-state index contributed by atoms with van der Waals surface area (Å²) in [6, 6.07) is 20.3. The van der Waals surface area contributed by atoms with Gasteiger partial charge in [0, 0.05) is 17.7 Å². The molecule has 0 bridgehead atoms. The Bertz CT molecular complexity index is 1040. The van der Waals surface area contributed by atoms with E-state index in [4.69, 9.17) is 4.74 Å². The van der Waals surface area contributed by atoms with Gasteiger partial charge >= 0.3 is 0 Å². The molecule has 0 radical (unpaired) electrons. The Hall–Kier alpha value is -2.98. The standard InChI is InChI=1S/C26H25NOS/c1-4-27(3)19-20-28-24-13-9-23(10-14-24)12-16-26-18-17-25(29-26)15-11-22-7-5-21(2)6-8-22/h5-10,13-14,17-18H,4,19-20H2,1-3H3. The minimum atomic E-state index is 0.691. The molecular weight excluding hydrogens is 374 g/mol. The van der Waals surface area contributed by atoms with Gasteiger partial charge in [0.05, 0.1) is 9.75 Å². The number of likely N-dealkylation sites (N-methyl/N-ethyl adjacent to an activating group) is 1. The zero-order valence-electron chi connectivity index (χ0n) is 17.2. The molecule has 0 aliphatic carbocycles. The summed E-state index contributed by atoms with van der Waals surface area (Å²) >= 11 is 1.62. The Balaban J connectivity index is 1.57. The van der Waals surface area contributed by atoms with E-state index in [9.17, 15) is 0 Å². The fraction of sp³-hybridized carbons (Fsp3) is 0.231. The van der Waals surface area contributed by atoms with Gasteiger partial charge in [0.1, 0.15) is 12.4 Å². The number of thiophene rings is 1. The van der Waals surface area contributed by atoms with E-state index < -0.39 is 0 Å². The molecule has 3 rings (SSSR count). The molecule has 29 heavy (non-hydrogen) atoms. The number of aryl methyl sites for hydroxylation is 1. The third kappa shape index (κ3) is 6.84. The van der Waals surface area contributed by atoms with E-state index >= 15 is 0 Å². The van der Waals surface area contributed by atoms with E-state index in [1.54, 1.807) is 11.3 Å². The molecule has 2 aromatic carbocycles. The van der Waals surface area contributed by atoms with Gasteiger partial charge in [-0.15, -0.1) is 11.3 Å². The fourth-order valence-electron chi connectivity index (χ4n) is 2.49. The molecule has 0 fully saturated rings. The van der Waals surface area contributed by atoms with Gasteiger partial charge in [-0.25, -0.2) is 0 Å². The number of nitrogens with zero attached hydrogens (tertiary/aromatic N) is 1. The van der Waals surface area contributed by atoms with Crippen LogP contribution in [-0.2, 0) is 0 Å². The second kappa shape index (κ2) is 10.5. The number of rotatable bonds is 5. The van der Waals surface area contributed by atoms with Gasteiger partial charge in [0.25, 0.3) is 0 Å². The second-order valence-corrected chi connectivity index (χ2v) is 7.88. The maximum atomic E-state index is 5.77. The van der Waals surface area contributed by atoms with Gasteiger partial charge in [-0.2, -0.15) is 0 Å². The van der Waals surface area contributed by atoms with E-state index in [1.165, 1.54) is 5.56 Å². The lowest BCUT2D eigenvalue weighted by Gasteiger charge is -2.14. The highest BCUT2D eigenvalue weighted by atomic mass is 32.1. The number of benzene rings is 2. The first-order chi connectivity index (χ1) is 14.1. The van der Waals surface area contributed by atoms with Crippen LogP contribution >= 0.6 is 11.3 Å². The van der Waals surface area contributed by atoms with Crippen molar-refractivity contribution in [3.8, 4) is 29.4 Å². The molecule has 1 aromatic heterocycles. The van der Waals surface area contributed by atoms with Crippen LogP contribution in [0.4, 0.5) is 0 Å². The molecule has 3 heteroatoms. The van der Waals surface area contributed by atoms with Crippen LogP contribution in [0.1, 0.15) is 33.4 Å². The quantitative estimate of drug-likeness (QED) is 0.548. The molecule has 0 aliphatic heterocycles. The first-order valence-electron chi connectivity index (χ1n) is 9.74. The van der Waals surface area contributed by atoms with Gasteiger partial charge in [-0.1, -0.05) is 48.3 Å². The van der Waals surface area contributed by atoms with E-state index in [1.807, 2.05) is 48.5 Å². The van der Waals surface area contributed by atoms with Gasteiger partial charge in [-0.05, 0) is 69.0 Å². The number of hydrogen-bond acceptors (Lipinski definition) is 3. The Kier molecular flexibility index (Phi) is 7.54. The highest BCUT2D eigenvalue weighted by Crippen LogP contribution is 2.16. The fourth-order valence-corrected chi connectivity index (χ4v) is 3.20. The topological polar surface area (TPSA) is 12.5 Å². The van der Waals surface area contributed by atoms with Crippen LogP contribution in [0.15, 0.2) is 60.7 Å². The molecule has 1 heterocycles. The monoisotopic (exact) mass is 399 g/mol. The lowest BCUT2D eigenvalue weighted by molar-refractivity contribution is 0.244. The van der Waals surface area contributed by atoms with Gasteiger partial charge in [0.2, 0.25) is 0 Å². The first kappa shape index (κ1) is 20.7. The Labute approximate surface area is 178 Å². The molecule has 0 spiro atoms. The summed E-state index contributed by atoms with van der Waals surface area (Å²) in [5.74, 6) is 13.7. The zero-order chi connectivity index (χ0) is 20.5. The molecule has 0 amide bonds. The van der Waals surface area contributed by atoms with Crippen molar-refractivity contribution in [3.63, 3.8) is 0 Å². The van der Waals surface area contributed by atoms with E-state index in [2.05, 4.69) is 61.6 Å². The van der Waals surface area contributed by atoms with Crippen molar-refractivity contribution in [3.05, 3.63) is 87.1 Å². The van der Waals surface area contributed by atoms with Crippen LogP contribution in [-0.4, -0.2) is 31.6 Å². The van der Waals surface area contributed by atoms with Gasteiger partial charge in [0.15, 0.2) is 0 Å². The molecular formula is C26H25NOS. The molecule has 0 saturated carbocycles. The molecule has 0 atom stereocenters. The smallest absolute Gasteiger partial charge is 0.119 e. The largest absolute Gasteiger partial charge is 0.492 e. The van der Waals surface area contributed by atoms with Crippen LogP contribution < -0.4 is 4.74 Å². The molecule has 0 N–H and O–H groups in total. The van der Waals surface area contributed by atoms with E-state index in [-0.39, 0.29) is 0 Å². The van der Waals surface area contributed by atoms with Crippen molar-refractivity contribution in [1.82, 2.24) is 4.90 Å². The Morgan fingerprint density at radius 3 is 1.90 bits per heavy atom. The number of hydrogen-bond donors (Lipinski definition) is 0. The third-order valence-corrected chi connectivity index (χ3v) is 5.37. The summed E-state index contributed by atoms with van der Waals surface area (Å²) in [6.45, 7) is 6.86. The molecule has 0 unspecified atom stereocenters. The molecule has 0 aliphatic rings. The second-order valence-electron chi connectivity index (χ2n) is 6.80. The average Bonchev–Trinajstić information content (AvgIpc) is 3.20. The first-order valence-corrected chi connectivity index (χ1v) is 10.6. The van der Waals surface area contributed by atoms with Crippen molar-refractivity contribution in [2.45, 2.75) is 13.8 Å². The van der Waals surface area contributed by atoms with Crippen molar-refractivity contribution in [1.29, 1.82) is 0 Å². The SMILES string of the molecule is CCN(C)CCOc1ccc(C#Cc2ccc(C#Cc3ccc(C)cc3)s2)cc1. The van der Waals surface area contributed by atoms with Gasteiger partial charge < -0.3 is 9.64 Å². The average molecular weight is 400 g/mol. The van der Waals surface area contributed by atoms with E-state index in [0.29, 0.717) is 6.61 Å². The van der Waals surface area contributed by atoms with Crippen LogP contribution in [0, 0.1) is 30.6 Å². The summed E-state index contributed by atoms with van der Waals surface area (Å²) in [4.78, 5) is 4.26. The van der Waals surface area contributed by atoms with Crippen LogP contribution in [0.5, 0.6) is 5.75 Å². The molecule has 0 saturated heterocycles. The summed E-state index contributed by atoms with van der Waals surface area (Å²) in [5.41, 5.74) is 3.25. The lowest BCUT2D eigenvalue weighted by Crippen LogP contribution is -2.23. The van der Waals surface area contributed by atoms with Crippen molar-refractivity contribution in [2.24, 2.45) is 0 Å². The summed E-state index contributed by atoms with van der Waals surface area (Å²) in [7, 11) is 2.09. The summed E-state index contributed by atoms with van der Waals surface area (Å²) < 4.78 is 5.77. The molecule has 146 valence electrons. The normalized spacial score (nSPS) is 10.1. The predicted molar refractivity (Wildman–Crippen MR) is 123 cm³/mol. The summed E-state index contributed by atoms with van der Waals surface area (Å²) in [5, 5.41) is 0. The van der Waals surface area contributed by atoms with Crippen molar-refractivity contribution >= 4 is 11.3 Å². The minimum absolute atomic E-state index is 0.691. The lowest BCUT2D eigenvalue weighted by atomic mass is 10.1. The maximum absolute atomic E-state index is 5.77. The van der Waals surface area contributed by atoms with Crippen molar-refractivity contribution in [2.75, 3.05) is 26.7 Å². The highest BCUT2D eigenvalue weighted by Gasteiger charge is 1.98. The Morgan fingerprint density at radius 2 is 1.34 bits per heavy atom. The number of ether oxygens (including phenoxy) is 1. The van der Waals surface area contributed by atoms with Gasteiger partial charge in [-0.3, -0.25) is 0 Å². The molecule has 3 aromatic rings. The minimum Gasteiger partial charge on any atom is -0.492 e. The van der Waals surface area contributed by atoms with Crippen LogP contribution in [0.25, 0.3) is 0 Å². The van der Waals surface area contributed by atoms with Crippen LogP contribution in [0.2, 0.25) is 0 Å². The van der Waals surface area contributed by atoms with E-state index in [0.717, 1.165) is 39.7 Å². The highest BCUT2D eigenvalue weighted by molar-refractivity contribution is 7.13. The van der Waals surface area contributed by atoms with Crippen LogP contribution in [0.3, 0.4) is 0 Å². The van der Waals surface area contributed by atoms with Crippen molar-refractivity contribution < 1.29 is 4.74 Å². The Morgan fingerprint density at radius 1 is 0.793 bits per heavy atom.